The standard InChI is InChI=1S/C102H54B3F4N7O2/c106-74-33-19-34-75(107)101(74)115-86-53-92-72(51-70(86)103-68-31-17-29-66-64-27-7-15-43-84(64)113(99(66)68)88-45-55(47-90(115)96(88)103)110-78-37-9-1-21-58(78)59-22-2-10-38-79(59)110)105-73-52-71-87(54-93(73)118-95-50-57(49-94(117-92)98(95)105)112-82-41-13-5-25-62(82)63-26-6-14-42-83(63)112)116(102-76(108)35-20-36-77(102)109)91-48-56(111-80-39-11-3-23-60(80)61-24-4-12-40-81(61)111)46-89-97(91)104(71)69-32-18-30-67-65-28-8-16-44-85(65)114(89)100(67)69/h1-54H. The van der Waals surface area contributed by atoms with Crippen molar-refractivity contribution in [3.8, 4) is 51.4 Å². The molecule has 0 saturated carbocycles. The fourth-order valence-corrected chi connectivity index (χ4v) is 22.1. The van der Waals surface area contributed by atoms with Gasteiger partial charge in [0.05, 0.1) is 61.2 Å². The predicted molar refractivity (Wildman–Crippen MR) is 474 cm³/mol. The molecule has 9 nitrogen and oxygen atoms in total. The first-order chi connectivity index (χ1) is 58.2. The van der Waals surface area contributed by atoms with Crippen LogP contribution in [0.2, 0.25) is 0 Å². The van der Waals surface area contributed by atoms with E-state index in [-0.39, 0.29) is 11.4 Å². The number of anilines is 6. The number of para-hydroxylation sites is 12. The Hall–Kier alpha value is -15.1. The Balaban J connectivity index is 0.753. The molecule has 6 aliphatic rings. The van der Waals surface area contributed by atoms with Crippen LogP contribution in [0.5, 0.6) is 23.0 Å². The van der Waals surface area contributed by atoms with E-state index in [0.717, 1.165) is 187 Å². The number of rotatable bonds is 5. The Morgan fingerprint density at radius 1 is 0.203 bits per heavy atom. The zero-order valence-electron chi connectivity index (χ0n) is 62.4. The number of benzene rings is 17. The molecule has 17 aromatic carbocycles. The van der Waals surface area contributed by atoms with Crippen molar-refractivity contribution < 1.29 is 27.0 Å². The maximum atomic E-state index is 18.1. The first-order valence-electron chi connectivity index (χ1n) is 40.0. The smallest absolute Gasteiger partial charge is 0.260 e. The van der Waals surface area contributed by atoms with Crippen molar-refractivity contribution in [2.75, 3.05) is 9.80 Å². The summed E-state index contributed by atoms with van der Waals surface area (Å²) >= 11 is 0. The summed E-state index contributed by atoms with van der Waals surface area (Å²) in [4.78, 5) is 3.63. The summed E-state index contributed by atoms with van der Waals surface area (Å²) in [6.07, 6.45) is 0. The van der Waals surface area contributed by atoms with Gasteiger partial charge in [-0.15, -0.1) is 0 Å². The van der Waals surface area contributed by atoms with Crippen LogP contribution in [0.25, 0.3) is 137 Å². The fourth-order valence-electron chi connectivity index (χ4n) is 22.1. The second kappa shape index (κ2) is 22.4. The van der Waals surface area contributed by atoms with E-state index in [4.69, 9.17) is 9.47 Å². The van der Waals surface area contributed by atoms with E-state index in [1.54, 1.807) is 0 Å². The normalized spacial score (nSPS) is 13.6. The van der Waals surface area contributed by atoms with Crippen molar-refractivity contribution in [1.82, 2.24) is 22.8 Å². The maximum absolute atomic E-state index is 18.1. The van der Waals surface area contributed by atoms with E-state index in [1.165, 1.54) is 36.4 Å². The Morgan fingerprint density at radius 2 is 0.475 bits per heavy atom. The van der Waals surface area contributed by atoms with E-state index >= 15 is 17.6 Å². The second-order valence-electron chi connectivity index (χ2n) is 32.2. The van der Waals surface area contributed by atoms with Gasteiger partial charge in [0.1, 0.15) is 57.6 Å². The summed E-state index contributed by atoms with van der Waals surface area (Å²) in [6.45, 7) is -1.75. The molecule has 11 heterocycles. The monoisotopic (exact) mass is 1520 g/mol. The zero-order valence-corrected chi connectivity index (χ0v) is 62.4. The van der Waals surface area contributed by atoms with Gasteiger partial charge < -0.3 is 42.1 Å². The van der Waals surface area contributed by atoms with Gasteiger partial charge in [0.25, 0.3) is 20.1 Å². The lowest BCUT2D eigenvalue weighted by Gasteiger charge is -2.43. The molecule has 0 amide bonds. The van der Waals surface area contributed by atoms with Crippen molar-refractivity contribution in [3.05, 3.63) is 351 Å². The third kappa shape index (κ3) is 7.90. The van der Waals surface area contributed by atoms with E-state index in [1.807, 2.05) is 21.9 Å². The first-order valence-corrected chi connectivity index (χ1v) is 40.0. The number of hydrogen-bond donors (Lipinski definition) is 0. The van der Waals surface area contributed by atoms with Crippen molar-refractivity contribution in [1.29, 1.82) is 0 Å². The summed E-state index contributed by atoms with van der Waals surface area (Å²) in [7, 11) is 0. The molecular formula is C102H54B3F4N7O2. The van der Waals surface area contributed by atoms with Gasteiger partial charge in [0.2, 0.25) is 0 Å². The fraction of sp³-hybridized carbons (Fsp3) is 0. The van der Waals surface area contributed by atoms with Gasteiger partial charge in [0.15, 0.2) is 0 Å². The summed E-state index contributed by atoms with van der Waals surface area (Å²) in [5.74, 6) is -1.00. The number of nitrogens with zero attached hydrogens (tertiary/aromatic N) is 7. The first kappa shape index (κ1) is 63.3. The van der Waals surface area contributed by atoms with Gasteiger partial charge >= 0.3 is 0 Å². The highest BCUT2D eigenvalue weighted by Gasteiger charge is 2.51. The van der Waals surface area contributed by atoms with Gasteiger partial charge in [0, 0.05) is 129 Å². The molecular weight excluding hydrogens is 1460 g/mol. The van der Waals surface area contributed by atoms with Crippen LogP contribution in [0.15, 0.2) is 328 Å². The highest BCUT2D eigenvalue weighted by molar-refractivity contribution is 7.04. The van der Waals surface area contributed by atoms with Crippen LogP contribution in [0, 0.1) is 23.3 Å². The summed E-state index contributed by atoms with van der Waals surface area (Å²) < 4.78 is 99.4. The highest BCUT2D eigenvalue weighted by atomic mass is 19.1. The lowest BCUT2D eigenvalue weighted by molar-refractivity contribution is 0.464. The topological polar surface area (TPSA) is 49.6 Å². The molecule has 6 aliphatic heterocycles. The Kier molecular flexibility index (Phi) is 12.0. The molecule has 5 aromatic heterocycles. The minimum Gasteiger partial charge on any atom is -0.458 e. The molecule has 22 aromatic rings. The molecule has 28 rings (SSSR count). The molecule has 0 spiro atoms. The lowest BCUT2D eigenvalue weighted by Crippen LogP contribution is -2.65. The van der Waals surface area contributed by atoms with Gasteiger partial charge in [-0.2, -0.15) is 0 Å². The predicted octanol–water partition coefficient (Wildman–Crippen LogP) is 19.7. The maximum Gasteiger partial charge on any atom is 0.260 e. The Morgan fingerprint density at radius 3 is 0.814 bits per heavy atom. The third-order valence-electron chi connectivity index (χ3n) is 26.6. The zero-order chi connectivity index (χ0) is 77.1. The number of ether oxygens (including phenoxy) is 2. The van der Waals surface area contributed by atoms with Crippen LogP contribution < -0.4 is 68.4 Å². The molecule has 0 unspecified atom stereocenters. The van der Waals surface area contributed by atoms with E-state index < -0.39 is 43.4 Å². The van der Waals surface area contributed by atoms with E-state index in [0.29, 0.717) is 45.7 Å². The van der Waals surface area contributed by atoms with Crippen LogP contribution in [0.1, 0.15) is 0 Å². The largest absolute Gasteiger partial charge is 0.458 e. The Bertz CT molecular complexity index is 7860. The second-order valence-corrected chi connectivity index (χ2v) is 32.2. The quantitative estimate of drug-likeness (QED) is 0.127. The molecule has 0 N–H and O–H groups in total. The van der Waals surface area contributed by atoms with Crippen LogP contribution in [-0.2, 0) is 0 Å². The molecule has 0 saturated heterocycles. The minimum absolute atomic E-state index is 0.237. The van der Waals surface area contributed by atoms with Crippen molar-refractivity contribution in [3.63, 3.8) is 0 Å². The number of fused-ring (bicyclic) bond motifs is 27. The number of halogens is 4. The van der Waals surface area contributed by atoms with E-state index in [2.05, 4.69) is 302 Å². The summed E-state index contributed by atoms with van der Waals surface area (Å²) in [5, 5.41) is 10.7. The molecule has 0 radical (unpaired) electrons. The molecule has 0 fully saturated rings. The van der Waals surface area contributed by atoms with Gasteiger partial charge in [-0.3, -0.25) is 0 Å². The molecule has 16 heteroatoms. The molecule has 0 bridgehead atoms. The van der Waals surface area contributed by atoms with Crippen molar-refractivity contribution in [2.45, 2.75) is 0 Å². The highest BCUT2D eigenvalue weighted by Crippen LogP contribution is 2.52. The van der Waals surface area contributed by atoms with E-state index in [9.17, 15) is 0 Å². The van der Waals surface area contributed by atoms with Crippen molar-refractivity contribution in [2.24, 2.45) is 0 Å². The Labute approximate surface area is 670 Å². The van der Waals surface area contributed by atoms with Crippen LogP contribution in [-0.4, -0.2) is 43.0 Å². The van der Waals surface area contributed by atoms with Gasteiger partial charge in [-0.25, -0.2) is 17.6 Å². The van der Waals surface area contributed by atoms with Gasteiger partial charge in [-0.1, -0.05) is 206 Å². The number of hydrogen-bond acceptors (Lipinski definition) is 4. The minimum atomic E-state index is -0.742. The molecule has 0 aliphatic carbocycles. The molecule has 0 atom stereocenters. The third-order valence-corrected chi connectivity index (χ3v) is 26.6. The van der Waals surface area contributed by atoms with Crippen LogP contribution in [0.4, 0.5) is 51.7 Å². The molecule has 546 valence electrons. The SMILES string of the molecule is Fc1cccc(F)c1N1c2cc3c(cc2B2c4c1cc(-n1c5ccccc5c5ccccc51)cc4-n1c4ccccc4c4cccc2c41)B1c2cc4c(cc2Oc2cc(-n5c6ccccc6c6ccccc65)cc(c21)O3)N(c1c(F)cccc1F)c1cc(-n2c3ccccc3c3ccccc32)cc2c1B4c1cccc3c4ccccc4n-2c13. The summed E-state index contributed by atoms with van der Waals surface area (Å²) in [6, 6.07) is 110. The van der Waals surface area contributed by atoms with Crippen LogP contribution >= 0.6 is 0 Å². The average Bonchev–Trinajstić information content (AvgIpc) is 1.30. The lowest BCUT2D eigenvalue weighted by atomic mass is 9.30. The molecule has 118 heavy (non-hydrogen) atoms. The van der Waals surface area contributed by atoms with Gasteiger partial charge in [-0.05, 0) is 141 Å². The van der Waals surface area contributed by atoms with Crippen LogP contribution in [0.3, 0.4) is 0 Å². The number of aromatic nitrogens is 5. The van der Waals surface area contributed by atoms with Crippen molar-refractivity contribution >= 4 is 212 Å². The summed E-state index contributed by atoms with van der Waals surface area (Å²) in [5.41, 5.74) is 23.6. The average molecular weight is 1520 g/mol.